The lowest BCUT2D eigenvalue weighted by atomic mass is 9.92. The van der Waals surface area contributed by atoms with Crippen LogP contribution < -0.4 is 5.32 Å². The van der Waals surface area contributed by atoms with E-state index < -0.39 is 23.1 Å². The summed E-state index contributed by atoms with van der Waals surface area (Å²) in [5, 5.41) is 6.10. The Bertz CT molecular complexity index is 670. The van der Waals surface area contributed by atoms with E-state index in [1.807, 2.05) is 20.8 Å². The first-order valence-corrected chi connectivity index (χ1v) is 6.91. The smallest absolute Gasteiger partial charge is 0.264 e. The third kappa shape index (κ3) is 3.47. The average molecular weight is 359 g/mol. The van der Waals surface area contributed by atoms with E-state index >= 15 is 0 Å². The highest BCUT2D eigenvalue weighted by Crippen LogP contribution is 2.25. The highest BCUT2D eigenvalue weighted by atomic mass is 79.9. The van der Waals surface area contributed by atoms with E-state index in [1.165, 1.54) is 6.07 Å². The maximum absolute atomic E-state index is 13.7. The van der Waals surface area contributed by atoms with Crippen molar-refractivity contribution in [1.29, 1.82) is 0 Å². The summed E-state index contributed by atoms with van der Waals surface area (Å²) in [6.07, 6.45) is 0. The second kappa shape index (κ2) is 5.55. The van der Waals surface area contributed by atoms with Crippen LogP contribution in [0.5, 0.6) is 0 Å². The van der Waals surface area contributed by atoms with Crippen molar-refractivity contribution < 1.29 is 18.1 Å². The van der Waals surface area contributed by atoms with E-state index in [-0.39, 0.29) is 15.8 Å². The highest BCUT2D eigenvalue weighted by molar-refractivity contribution is 9.10. The minimum absolute atomic E-state index is 0.0339. The molecule has 0 atom stereocenters. The van der Waals surface area contributed by atoms with Gasteiger partial charge < -0.3 is 4.52 Å². The number of rotatable bonds is 2. The number of carbonyl (C=O) groups excluding carboxylic acids is 1. The number of nitrogens with zero attached hydrogens (tertiary/aromatic N) is 1. The van der Waals surface area contributed by atoms with Crippen LogP contribution in [0.25, 0.3) is 0 Å². The number of hydrogen-bond donors (Lipinski definition) is 1. The molecule has 0 aliphatic heterocycles. The van der Waals surface area contributed by atoms with Crippen LogP contribution in [0.1, 0.15) is 36.8 Å². The molecule has 21 heavy (non-hydrogen) atoms. The summed E-state index contributed by atoms with van der Waals surface area (Å²) in [6, 6.07) is 3.55. The average Bonchev–Trinajstić information content (AvgIpc) is 2.75. The van der Waals surface area contributed by atoms with Crippen molar-refractivity contribution in [2.75, 3.05) is 5.32 Å². The Hall–Kier alpha value is -1.76. The van der Waals surface area contributed by atoms with Crippen LogP contribution in [0.3, 0.4) is 0 Å². The zero-order chi connectivity index (χ0) is 15.8. The molecular weight excluding hydrogens is 346 g/mol. The molecule has 2 rings (SSSR count). The van der Waals surface area contributed by atoms with E-state index in [0.29, 0.717) is 5.69 Å². The van der Waals surface area contributed by atoms with Gasteiger partial charge >= 0.3 is 0 Å². The minimum atomic E-state index is -0.963. The molecule has 1 heterocycles. The molecule has 1 aromatic carbocycles. The standard InChI is InChI=1S/C14H13BrF2N2O2/c1-14(2,3)10-6-11(21-19-10)18-13(20)12-8(16)4-7(15)5-9(12)17/h4-6H,1-3H3,(H,18,20). The van der Waals surface area contributed by atoms with Crippen LogP contribution in [0.15, 0.2) is 27.2 Å². The fraction of sp³-hybridized carbons (Fsp3) is 0.286. The zero-order valence-corrected chi connectivity index (χ0v) is 13.2. The Labute approximate surface area is 128 Å². The minimum Gasteiger partial charge on any atom is -0.338 e. The summed E-state index contributed by atoms with van der Waals surface area (Å²) < 4.78 is 32.5. The largest absolute Gasteiger partial charge is 0.338 e. The van der Waals surface area contributed by atoms with Gasteiger partial charge in [-0.15, -0.1) is 0 Å². The summed E-state index contributed by atoms with van der Waals surface area (Å²) in [5.41, 5.74) is -0.318. The zero-order valence-electron chi connectivity index (χ0n) is 11.6. The third-order valence-electron chi connectivity index (χ3n) is 2.75. The molecule has 0 aliphatic carbocycles. The topological polar surface area (TPSA) is 55.1 Å². The Morgan fingerprint density at radius 1 is 1.24 bits per heavy atom. The van der Waals surface area contributed by atoms with E-state index in [2.05, 4.69) is 26.4 Å². The van der Waals surface area contributed by atoms with Gasteiger partial charge in [-0.3, -0.25) is 10.1 Å². The van der Waals surface area contributed by atoms with Crippen LogP contribution in [-0.2, 0) is 5.41 Å². The summed E-state index contributed by atoms with van der Waals surface area (Å²) in [7, 11) is 0. The first-order valence-electron chi connectivity index (χ1n) is 6.11. The quantitative estimate of drug-likeness (QED) is 0.872. The summed E-state index contributed by atoms with van der Waals surface area (Å²) >= 11 is 2.95. The molecule has 0 fully saturated rings. The van der Waals surface area contributed by atoms with Crippen LogP contribution in [0.4, 0.5) is 14.7 Å². The van der Waals surface area contributed by atoms with Crippen molar-refractivity contribution in [2.45, 2.75) is 26.2 Å². The number of anilines is 1. The Kier molecular flexibility index (Phi) is 4.13. The predicted molar refractivity (Wildman–Crippen MR) is 77.2 cm³/mol. The molecule has 7 heteroatoms. The van der Waals surface area contributed by atoms with Crippen molar-refractivity contribution >= 4 is 27.7 Å². The molecule has 112 valence electrons. The van der Waals surface area contributed by atoms with Crippen molar-refractivity contribution in [1.82, 2.24) is 5.16 Å². The molecule has 0 saturated carbocycles. The SMILES string of the molecule is CC(C)(C)c1cc(NC(=O)c2c(F)cc(Br)cc2F)on1. The maximum Gasteiger partial charge on any atom is 0.264 e. The molecule has 0 bridgehead atoms. The molecule has 0 radical (unpaired) electrons. The van der Waals surface area contributed by atoms with Gasteiger partial charge in [-0.25, -0.2) is 8.78 Å². The molecule has 0 spiro atoms. The van der Waals surface area contributed by atoms with Gasteiger partial charge in [0.05, 0.1) is 5.69 Å². The number of benzene rings is 1. The number of hydrogen-bond acceptors (Lipinski definition) is 3. The number of halogens is 3. The number of nitrogens with one attached hydrogen (secondary N) is 1. The molecular formula is C14H13BrF2N2O2. The molecule has 4 nitrogen and oxygen atoms in total. The molecule has 1 aromatic heterocycles. The molecule has 0 saturated heterocycles. The van der Waals surface area contributed by atoms with Crippen molar-refractivity contribution in [2.24, 2.45) is 0 Å². The van der Waals surface area contributed by atoms with Gasteiger partial charge in [-0.05, 0) is 12.1 Å². The second-order valence-electron chi connectivity index (χ2n) is 5.52. The highest BCUT2D eigenvalue weighted by Gasteiger charge is 2.22. The van der Waals surface area contributed by atoms with Gasteiger partial charge in [-0.1, -0.05) is 41.9 Å². The Balaban J connectivity index is 2.25. The lowest BCUT2D eigenvalue weighted by Gasteiger charge is -2.12. The fourth-order valence-corrected chi connectivity index (χ4v) is 2.02. The lowest BCUT2D eigenvalue weighted by molar-refractivity contribution is 0.101. The van der Waals surface area contributed by atoms with Gasteiger partial charge in [0.1, 0.15) is 17.2 Å². The Morgan fingerprint density at radius 3 is 2.29 bits per heavy atom. The first kappa shape index (κ1) is 15.6. The van der Waals surface area contributed by atoms with Gasteiger partial charge in [0.2, 0.25) is 5.88 Å². The monoisotopic (exact) mass is 358 g/mol. The Morgan fingerprint density at radius 2 is 1.81 bits per heavy atom. The van der Waals surface area contributed by atoms with Crippen LogP contribution >= 0.6 is 15.9 Å². The fourth-order valence-electron chi connectivity index (χ4n) is 1.62. The number of amides is 1. The van der Waals surface area contributed by atoms with Gasteiger partial charge in [-0.2, -0.15) is 0 Å². The molecule has 0 unspecified atom stereocenters. The molecule has 1 amide bonds. The number of aromatic nitrogens is 1. The lowest BCUT2D eigenvalue weighted by Crippen LogP contribution is -2.15. The summed E-state index contributed by atoms with van der Waals surface area (Å²) in [6.45, 7) is 5.76. The second-order valence-corrected chi connectivity index (χ2v) is 6.44. The third-order valence-corrected chi connectivity index (χ3v) is 3.21. The normalized spacial score (nSPS) is 11.5. The van der Waals surface area contributed by atoms with Crippen LogP contribution in [-0.4, -0.2) is 11.1 Å². The van der Waals surface area contributed by atoms with E-state index in [9.17, 15) is 13.6 Å². The van der Waals surface area contributed by atoms with Gasteiger partial charge in [0.25, 0.3) is 5.91 Å². The van der Waals surface area contributed by atoms with E-state index in [0.717, 1.165) is 12.1 Å². The van der Waals surface area contributed by atoms with Gasteiger partial charge in [0, 0.05) is 16.0 Å². The maximum atomic E-state index is 13.7. The van der Waals surface area contributed by atoms with Crippen molar-refractivity contribution in [3.8, 4) is 0 Å². The van der Waals surface area contributed by atoms with E-state index in [4.69, 9.17) is 4.52 Å². The molecule has 1 N–H and O–H groups in total. The van der Waals surface area contributed by atoms with Crippen molar-refractivity contribution in [3.05, 3.63) is 45.6 Å². The summed E-state index contributed by atoms with van der Waals surface area (Å²) in [5.74, 6) is -2.83. The number of carbonyl (C=O) groups is 1. The van der Waals surface area contributed by atoms with Crippen LogP contribution in [0, 0.1) is 11.6 Å². The predicted octanol–water partition coefficient (Wildman–Crippen LogP) is 4.27. The van der Waals surface area contributed by atoms with Crippen LogP contribution in [0.2, 0.25) is 0 Å². The molecule has 2 aromatic rings. The van der Waals surface area contributed by atoms with Crippen molar-refractivity contribution in [3.63, 3.8) is 0 Å². The first-order chi connectivity index (χ1) is 9.68. The molecule has 0 aliphatic rings. The summed E-state index contributed by atoms with van der Waals surface area (Å²) in [4.78, 5) is 11.9. The van der Waals surface area contributed by atoms with E-state index in [1.54, 1.807) is 0 Å². The van der Waals surface area contributed by atoms with Gasteiger partial charge in [0.15, 0.2) is 0 Å².